The lowest BCUT2D eigenvalue weighted by Crippen LogP contribution is -2.17. The molecule has 0 saturated heterocycles. The van der Waals surface area contributed by atoms with Crippen molar-refractivity contribution in [2.24, 2.45) is 0 Å². The molecule has 0 unspecified atom stereocenters. The second kappa shape index (κ2) is 5.37. The summed E-state index contributed by atoms with van der Waals surface area (Å²) < 4.78 is 4.06. The zero-order valence-corrected chi connectivity index (χ0v) is 6.02. The van der Waals surface area contributed by atoms with E-state index in [1.54, 1.807) is 0 Å². The third-order valence-electron chi connectivity index (χ3n) is 0.675. The predicted molar refractivity (Wildman–Crippen MR) is 34.6 cm³/mol. The van der Waals surface area contributed by atoms with E-state index in [0.29, 0.717) is 6.61 Å². The number of rotatable bonds is 4. The van der Waals surface area contributed by atoms with Crippen LogP contribution in [0.1, 0.15) is 0 Å². The van der Waals surface area contributed by atoms with Crippen molar-refractivity contribution in [2.75, 3.05) is 27.2 Å². The van der Waals surface area contributed by atoms with Crippen LogP contribution in [0.2, 0.25) is 0 Å². The zero-order valence-electron chi connectivity index (χ0n) is 5.13. The first kappa shape index (κ1) is 8.23. The fourth-order valence-electron chi connectivity index (χ4n) is 0.257. The maximum Gasteiger partial charge on any atom is 0.0961 e. The number of hydrogen-bond acceptors (Lipinski definition) is 4. The Balaban J connectivity index is 2.72. The Labute approximate surface area is 55.1 Å². The van der Waals surface area contributed by atoms with Crippen LogP contribution in [-0.4, -0.2) is 32.1 Å². The van der Waals surface area contributed by atoms with Gasteiger partial charge in [-0.25, -0.2) is 4.89 Å². The van der Waals surface area contributed by atoms with Crippen LogP contribution in [0.3, 0.4) is 0 Å². The van der Waals surface area contributed by atoms with Crippen LogP contribution in [-0.2, 0) is 9.22 Å². The molecule has 0 radical (unpaired) electrons. The van der Waals surface area contributed by atoms with Crippen LogP contribution in [0.15, 0.2) is 0 Å². The molecule has 0 aromatic carbocycles. The molecule has 0 bridgehead atoms. The maximum absolute atomic E-state index is 4.47. The molecule has 0 amide bonds. The Morgan fingerprint density at radius 3 is 2.50 bits per heavy atom. The van der Waals surface area contributed by atoms with Gasteiger partial charge in [0.2, 0.25) is 0 Å². The molecule has 0 aromatic rings. The van der Waals surface area contributed by atoms with Gasteiger partial charge in [0, 0.05) is 19.5 Å². The Hall–Kier alpha value is 0.230. The molecule has 0 aliphatic rings. The minimum absolute atomic E-state index is 0.552. The summed E-state index contributed by atoms with van der Waals surface area (Å²) in [4.78, 5) is 6.46. The van der Waals surface area contributed by atoms with Gasteiger partial charge in [-0.2, -0.15) is 4.33 Å². The van der Waals surface area contributed by atoms with Crippen molar-refractivity contribution < 1.29 is 9.22 Å². The van der Waals surface area contributed by atoms with Gasteiger partial charge in [0.1, 0.15) is 0 Å². The molecule has 3 nitrogen and oxygen atoms in total. The highest BCUT2D eigenvalue weighted by molar-refractivity contribution is 7.74. The molecule has 0 atom stereocenters. The summed E-state index contributed by atoms with van der Waals surface area (Å²) in [7, 11) is 3.92. The Bertz CT molecular complexity index is 51.3. The van der Waals surface area contributed by atoms with Gasteiger partial charge in [-0.1, -0.05) is 0 Å². The highest BCUT2D eigenvalue weighted by Gasteiger charge is 1.87. The first-order valence-corrected chi connectivity index (χ1v) is 2.71. The van der Waals surface area contributed by atoms with Crippen LogP contribution >= 0.6 is 12.9 Å². The van der Waals surface area contributed by atoms with Crippen LogP contribution in [0.25, 0.3) is 0 Å². The molecule has 0 aliphatic carbocycles. The van der Waals surface area contributed by atoms with Gasteiger partial charge in [-0.15, -0.1) is 0 Å². The fraction of sp³-hybridized carbons (Fsp3) is 1.00. The Kier molecular flexibility index (Phi) is 5.52. The summed E-state index contributed by atoms with van der Waals surface area (Å²) in [6, 6.07) is 0. The summed E-state index contributed by atoms with van der Waals surface area (Å²) in [6.07, 6.45) is 0. The minimum Gasteiger partial charge on any atom is -0.307 e. The lowest BCUT2D eigenvalue weighted by Gasteiger charge is -2.06. The first-order valence-electron chi connectivity index (χ1n) is 2.35. The van der Waals surface area contributed by atoms with Gasteiger partial charge < -0.3 is 4.90 Å². The van der Waals surface area contributed by atoms with Crippen LogP contribution in [0.5, 0.6) is 0 Å². The monoisotopic (exact) mass is 137 g/mol. The van der Waals surface area contributed by atoms with Gasteiger partial charge in [0.25, 0.3) is 0 Å². The SMILES string of the molecule is CN(C)CCOOS. The van der Waals surface area contributed by atoms with Crippen molar-refractivity contribution in [3.05, 3.63) is 0 Å². The molecule has 50 valence electrons. The molecule has 0 heterocycles. The Morgan fingerprint density at radius 2 is 2.12 bits per heavy atom. The van der Waals surface area contributed by atoms with E-state index in [4.69, 9.17) is 0 Å². The van der Waals surface area contributed by atoms with E-state index in [-0.39, 0.29) is 0 Å². The molecule has 0 saturated carbocycles. The van der Waals surface area contributed by atoms with E-state index in [1.807, 2.05) is 19.0 Å². The van der Waals surface area contributed by atoms with Crippen molar-refractivity contribution in [1.29, 1.82) is 0 Å². The number of nitrogens with zero attached hydrogens (tertiary/aromatic N) is 1. The summed E-state index contributed by atoms with van der Waals surface area (Å²) in [5, 5.41) is 0. The largest absolute Gasteiger partial charge is 0.307 e. The van der Waals surface area contributed by atoms with E-state index in [9.17, 15) is 0 Å². The molecular weight excluding hydrogens is 126 g/mol. The number of likely N-dealkylation sites (N-methyl/N-ethyl adjacent to an activating group) is 1. The minimum atomic E-state index is 0.552. The molecule has 8 heavy (non-hydrogen) atoms. The van der Waals surface area contributed by atoms with Gasteiger partial charge in [0.05, 0.1) is 6.61 Å². The van der Waals surface area contributed by atoms with E-state index >= 15 is 0 Å². The third kappa shape index (κ3) is 6.23. The smallest absolute Gasteiger partial charge is 0.0961 e. The third-order valence-corrected chi connectivity index (χ3v) is 0.780. The molecule has 0 spiro atoms. The molecule has 0 fully saturated rings. The van der Waals surface area contributed by atoms with Gasteiger partial charge in [-0.3, -0.25) is 0 Å². The quantitative estimate of drug-likeness (QED) is 0.198. The maximum atomic E-state index is 4.47. The van der Waals surface area contributed by atoms with E-state index in [1.165, 1.54) is 0 Å². The van der Waals surface area contributed by atoms with Crippen molar-refractivity contribution in [1.82, 2.24) is 4.90 Å². The van der Waals surface area contributed by atoms with Gasteiger partial charge >= 0.3 is 0 Å². The van der Waals surface area contributed by atoms with Crippen molar-refractivity contribution in [2.45, 2.75) is 0 Å². The van der Waals surface area contributed by atoms with Crippen molar-refractivity contribution >= 4 is 12.9 Å². The second-order valence-corrected chi connectivity index (χ2v) is 1.85. The molecule has 4 heteroatoms. The van der Waals surface area contributed by atoms with E-state index in [2.05, 4.69) is 22.1 Å². The standard InChI is InChI=1S/C4H11NO2S/c1-5(2)3-4-6-7-8/h8H,3-4H2,1-2H3. The lowest BCUT2D eigenvalue weighted by molar-refractivity contribution is -0.189. The molecule has 0 aromatic heterocycles. The van der Waals surface area contributed by atoms with E-state index < -0.39 is 0 Å². The molecule has 0 rings (SSSR count). The summed E-state index contributed by atoms with van der Waals surface area (Å²) in [5.74, 6) is 0. The molecular formula is C4H11NO2S. The average molecular weight is 137 g/mol. The van der Waals surface area contributed by atoms with Crippen LogP contribution < -0.4 is 0 Å². The number of thiol groups is 1. The number of hydrogen-bond donors (Lipinski definition) is 1. The van der Waals surface area contributed by atoms with Crippen molar-refractivity contribution in [3.8, 4) is 0 Å². The summed E-state index contributed by atoms with van der Waals surface area (Å²) >= 11 is 3.38. The summed E-state index contributed by atoms with van der Waals surface area (Å²) in [5.41, 5.74) is 0. The van der Waals surface area contributed by atoms with Crippen LogP contribution in [0.4, 0.5) is 0 Å². The average Bonchev–Trinajstić information content (AvgIpc) is 1.66. The highest BCUT2D eigenvalue weighted by Crippen LogP contribution is 1.81. The van der Waals surface area contributed by atoms with Crippen molar-refractivity contribution in [3.63, 3.8) is 0 Å². The van der Waals surface area contributed by atoms with Crippen LogP contribution in [0, 0.1) is 0 Å². The fourth-order valence-corrected chi connectivity index (χ4v) is 0.332. The summed E-state index contributed by atoms with van der Waals surface area (Å²) in [6.45, 7) is 1.40. The first-order chi connectivity index (χ1) is 3.77. The highest BCUT2D eigenvalue weighted by atomic mass is 32.1. The second-order valence-electron chi connectivity index (χ2n) is 1.70. The molecule has 0 N–H and O–H groups in total. The van der Waals surface area contributed by atoms with Gasteiger partial charge in [-0.05, 0) is 14.1 Å². The Morgan fingerprint density at radius 1 is 1.50 bits per heavy atom. The predicted octanol–water partition coefficient (Wildman–Crippen LogP) is 0.341. The topological polar surface area (TPSA) is 21.7 Å². The van der Waals surface area contributed by atoms with E-state index in [0.717, 1.165) is 6.54 Å². The van der Waals surface area contributed by atoms with Gasteiger partial charge in [0.15, 0.2) is 0 Å². The normalized spacial score (nSPS) is 10.5. The zero-order chi connectivity index (χ0) is 6.41. The molecule has 0 aliphatic heterocycles. The lowest BCUT2D eigenvalue weighted by atomic mass is 10.6.